The molecule has 1 aliphatic rings. The maximum atomic E-state index is 12.7. The first-order valence-electron chi connectivity index (χ1n) is 8.54. The molecule has 0 aromatic carbocycles. The predicted molar refractivity (Wildman–Crippen MR) is 97.9 cm³/mol. The van der Waals surface area contributed by atoms with Gasteiger partial charge < -0.3 is 23.5 Å². The number of thiophene rings is 1. The fourth-order valence-corrected chi connectivity index (χ4v) is 4.20. The van der Waals surface area contributed by atoms with Crippen molar-refractivity contribution in [2.75, 3.05) is 11.9 Å². The molecule has 0 spiro atoms. The van der Waals surface area contributed by atoms with Gasteiger partial charge in [0.05, 0.1) is 25.0 Å². The zero-order valence-corrected chi connectivity index (χ0v) is 15.5. The summed E-state index contributed by atoms with van der Waals surface area (Å²) in [6.07, 6.45) is 2.24. The number of nitrogens with zero attached hydrogens (tertiary/aromatic N) is 3. The maximum Gasteiger partial charge on any atom is 0.278 e. The van der Waals surface area contributed by atoms with Gasteiger partial charge in [0.25, 0.3) is 11.8 Å². The van der Waals surface area contributed by atoms with E-state index < -0.39 is 5.91 Å². The van der Waals surface area contributed by atoms with Crippen molar-refractivity contribution in [1.29, 1.82) is 0 Å². The molecule has 0 unspecified atom stereocenters. The number of aryl methyl sites for hydroxylation is 1. The molecule has 0 atom stereocenters. The van der Waals surface area contributed by atoms with Crippen LogP contribution in [0.5, 0.6) is 0 Å². The van der Waals surface area contributed by atoms with Gasteiger partial charge >= 0.3 is 0 Å². The number of aromatic nitrogens is 3. The normalized spacial score (nSPS) is 13.5. The zero-order chi connectivity index (χ0) is 19.1. The van der Waals surface area contributed by atoms with Crippen LogP contribution in [0.25, 0.3) is 23.0 Å². The number of rotatable bonds is 4. The van der Waals surface area contributed by atoms with Gasteiger partial charge in [-0.3, -0.25) is 4.79 Å². The molecule has 0 saturated carbocycles. The van der Waals surface area contributed by atoms with Crippen molar-refractivity contribution in [2.24, 2.45) is 0 Å². The van der Waals surface area contributed by atoms with Crippen LogP contribution in [-0.2, 0) is 17.8 Å². The number of nitrogens with one attached hydrogen (secondary N) is 1. The lowest BCUT2D eigenvalue weighted by atomic mass is 10.1. The van der Waals surface area contributed by atoms with Crippen LogP contribution in [0.1, 0.15) is 26.8 Å². The average molecular weight is 398 g/mol. The number of carbonyl (C=O) groups is 1. The first kappa shape index (κ1) is 16.9. The van der Waals surface area contributed by atoms with Gasteiger partial charge in [-0.1, -0.05) is 10.3 Å². The van der Waals surface area contributed by atoms with Crippen molar-refractivity contribution in [3.63, 3.8) is 0 Å². The molecule has 4 aromatic heterocycles. The monoisotopic (exact) mass is 398 g/mol. The quantitative estimate of drug-likeness (QED) is 0.553. The number of furan rings is 1. The highest BCUT2D eigenvalue weighted by molar-refractivity contribution is 7.17. The van der Waals surface area contributed by atoms with E-state index >= 15 is 0 Å². The Hall–Kier alpha value is -3.24. The van der Waals surface area contributed by atoms with Crippen LogP contribution in [0.3, 0.4) is 0 Å². The van der Waals surface area contributed by atoms with Gasteiger partial charge in [-0.25, -0.2) is 0 Å². The van der Waals surface area contributed by atoms with E-state index in [1.807, 2.05) is 0 Å². The van der Waals surface area contributed by atoms with Crippen LogP contribution in [0.2, 0.25) is 0 Å². The summed E-state index contributed by atoms with van der Waals surface area (Å²) in [4.78, 5) is 18.1. The van der Waals surface area contributed by atoms with Crippen LogP contribution in [-0.4, -0.2) is 27.8 Å². The van der Waals surface area contributed by atoms with Gasteiger partial charge in [0, 0.05) is 10.9 Å². The number of hydrogen-bond acceptors (Lipinski definition) is 9. The van der Waals surface area contributed by atoms with Gasteiger partial charge in [0.2, 0.25) is 5.76 Å². The van der Waals surface area contributed by atoms with Crippen molar-refractivity contribution >= 4 is 22.2 Å². The largest absolute Gasteiger partial charge is 0.461 e. The van der Waals surface area contributed by atoms with Crippen molar-refractivity contribution in [3.05, 3.63) is 46.4 Å². The van der Waals surface area contributed by atoms with E-state index in [4.69, 9.17) is 18.2 Å². The Morgan fingerprint density at radius 2 is 2.18 bits per heavy atom. The van der Waals surface area contributed by atoms with E-state index in [1.54, 1.807) is 19.1 Å². The predicted octanol–water partition coefficient (Wildman–Crippen LogP) is 3.68. The number of anilines is 1. The molecule has 9 nitrogen and oxygen atoms in total. The summed E-state index contributed by atoms with van der Waals surface area (Å²) in [5.41, 5.74) is 1.94. The highest BCUT2D eigenvalue weighted by atomic mass is 32.1. The Bertz CT molecular complexity index is 1140. The number of fused-ring (bicyclic) bond motifs is 1. The van der Waals surface area contributed by atoms with E-state index in [2.05, 4.69) is 20.6 Å². The van der Waals surface area contributed by atoms with E-state index in [-0.39, 0.29) is 5.69 Å². The minimum atomic E-state index is -0.404. The second kappa shape index (κ2) is 6.73. The van der Waals surface area contributed by atoms with Crippen LogP contribution < -0.4 is 5.32 Å². The number of ether oxygens (including phenoxy) is 1. The highest BCUT2D eigenvalue weighted by Crippen LogP contribution is 2.42. The molecular weight excluding hydrogens is 384 g/mol. The molecular formula is C18H14N4O5S. The summed E-state index contributed by atoms with van der Waals surface area (Å²) in [6, 6.07) is 4.99. The molecule has 28 heavy (non-hydrogen) atoms. The molecule has 1 N–H and O–H groups in total. The summed E-state index contributed by atoms with van der Waals surface area (Å²) in [5.74, 6) is 1.38. The van der Waals surface area contributed by atoms with Gasteiger partial charge in [0.15, 0.2) is 17.3 Å². The third-order valence-electron chi connectivity index (χ3n) is 4.30. The lowest BCUT2D eigenvalue weighted by Gasteiger charge is -2.12. The second-order valence-corrected chi connectivity index (χ2v) is 7.27. The van der Waals surface area contributed by atoms with Crippen molar-refractivity contribution < 1.29 is 23.0 Å². The molecule has 0 bridgehead atoms. The van der Waals surface area contributed by atoms with Crippen molar-refractivity contribution in [1.82, 2.24) is 15.3 Å². The molecule has 4 aromatic rings. The van der Waals surface area contributed by atoms with E-state index in [0.29, 0.717) is 47.9 Å². The number of hydrogen-bond donors (Lipinski definition) is 1. The lowest BCUT2D eigenvalue weighted by Crippen LogP contribution is -2.12. The minimum Gasteiger partial charge on any atom is -0.461 e. The van der Waals surface area contributed by atoms with Crippen LogP contribution >= 0.6 is 11.3 Å². The topological polar surface area (TPSA) is 116 Å². The molecule has 1 aliphatic heterocycles. The van der Waals surface area contributed by atoms with Gasteiger partial charge in [-0.15, -0.1) is 11.3 Å². The number of amides is 1. The minimum absolute atomic E-state index is 0.140. The van der Waals surface area contributed by atoms with Crippen LogP contribution in [0, 0.1) is 6.92 Å². The summed E-state index contributed by atoms with van der Waals surface area (Å²) in [6.45, 7) is 2.84. The Morgan fingerprint density at radius 1 is 1.25 bits per heavy atom. The van der Waals surface area contributed by atoms with Crippen LogP contribution in [0.15, 0.2) is 37.9 Å². The van der Waals surface area contributed by atoms with Gasteiger partial charge in [0.1, 0.15) is 5.00 Å². The number of carbonyl (C=O) groups excluding carboxylic acids is 1. The standard InChI is InChI=1S/C18H14N4O5S/c1-9-19-17(27-21-9)15-10-4-6-24-8-14(10)28-18(15)20-16(23)11-7-13(26-22-11)12-3-2-5-25-12/h2-3,5,7H,4,6,8H2,1H3,(H,20,23). The molecule has 0 saturated heterocycles. The van der Waals surface area contributed by atoms with E-state index in [1.165, 1.54) is 23.7 Å². The van der Waals surface area contributed by atoms with Crippen molar-refractivity contribution in [2.45, 2.75) is 20.0 Å². The highest BCUT2D eigenvalue weighted by Gasteiger charge is 2.27. The second-order valence-electron chi connectivity index (χ2n) is 6.17. The first-order chi connectivity index (χ1) is 13.7. The average Bonchev–Trinajstić information content (AvgIpc) is 3.47. The fourth-order valence-electron chi connectivity index (χ4n) is 3.03. The third kappa shape index (κ3) is 2.92. The van der Waals surface area contributed by atoms with Crippen molar-refractivity contribution in [3.8, 4) is 23.0 Å². The molecule has 5 heterocycles. The molecule has 0 radical (unpaired) electrons. The zero-order valence-electron chi connectivity index (χ0n) is 14.7. The summed E-state index contributed by atoms with van der Waals surface area (Å²) < 4.78 is 21.4. The third-order valence-corrected chi connectivity index (χ3v) is 5.42. The Kier molecular flexibility index (Phi) is 4.06. The molecule has 142 valence electrons. The van der Waals surface area contributed by atoms with E-state index in [0.717, 1.165) is 16.0 Å². The Balaban J connectivity index is 1.48. The summed E-state index contributed by atoms with van der Waals surface area (Å²) in [7, 11) is 0. The maximum absolute atomic E-state index is 12.7. The Morgan fingerprint density at radius 3 is 2.96 bits per heavy atom. The fraction of sp³-hybridized carbons (Fsp3) is 0.222. The molecule has 10 heteroatoms. The molecule has 0 aliphatic carbocycles. The molecule has 5 rings (SSSR count). The molecule has 0 fully saturated rings. The van der Waals surface area contributed by atoms with Crippen LogP contribution in [0.4, 0.5) is 5.00 Å². The van der Waals surface area contributed by atoms with Gasteiger partial charge in [-0.05, 0) is 31.0 Å². The van der Waals surface area contributed by atoms with Gasteiger partial charge in [-0.2, -0.15) is 4.98 Å². The SMILES string of the molecule is Cc1noc(-c2c(NC(=O)c3cc(-c4ccco4)on3)sc3c2CCOC3)n1. The Labute approximate surface area is 162 Å². The van der Waals surface area contributed by atoms with E-state index in [9.17, 15) is 4.79 Å². The summed E-state index contributed by atoms with van der Waals surface area (Å²) >= 11 is 1.43. The lowest BCUT2D eigenvalue weighted by molar-refractivity contribution is 0.101. The summed E-state index contributed by atoms with van der Waals surface area (Å²) in [5, 5.41) is 11.2. The first-order valence-corrected chi connectivity index (χ1v) is 9.35. The smallest absolute Gasteiger partial charge is 0.278 e. The molecule has 1 amide bonds.